The smallest absolute Gasteiger partial charge is 0.128 e. The fraction of sp³-hybridized carbons (Fsp3) is 0.267. The van der Waals surface area contributed by atoms with Crippen LogP contribution in [0.15, 0.2) is 53.1 Å². The van der Waals surface area contributed by atoms with Crippen LogP contribution in [0.1, 0.15) is 6.42 Å². The number of hydrogen-bond donors (Lipinski definition) is 1. The van der Waals surface area contributed by atoms with Gasteiger partial charge in [-0.05, 0) is 46.6 Å². The zero-order valence-corrected chi connectivity index (χ0v) is 12.2. The summed E-state index contributed by atoms with van der Waals surface area (Å²) in [5.74, 6) is 1.06. The summed E-state index contributed by atoms with van der Waals surface area (Å²) in [5.41, 5.74) is 1.19. The monoisotopic (exact) mass is 317 g/mol. The molecule has 3 rings (SSSR count). The molecular formula is C15H16BrN3. The number of nitrogens with zero attached hydrogens (tertiary/aromatic N) is 2. The summed E-state index contributed by atoms with van der Waals surface area (Å²) in [5, 5.41) is 3.57. The summed E-state index contributed by atoms with van der Waals surface area (Å²) in [7, 11) is 0. The molecule has 1 atom stereocenters. The quantitative estimate of drug-likeness (QED) is 0.938. The molecule has 1 aromatic carbocycles. The number of halogens is 1. The average molecular weight is 318 g/mol. The standard InChI is InChI=1S/C15H16BrN3/c16-12-6-7-15(17-10-12)19-9-8-14(11-19)18-13-4-2-1-3-5-13/h1-7,10,14,18H,8-9,11H2. The Labute approximate surface area is 121 Å². The van der Waals surface area contributed by atoms with Gasteiger partial charge in [0.15, 0.2) is 0 Å². The summed E-state index contributed by atoms with van der Waals surface area (Å²) >= 11 is 3.42. The highest BCUT2D eigenvalue weighted by molar-refractivity contribution is 9.10. The summed E-state index contributed by atoms with van der Waals surface area (Å²) < 4.78 is 1.02. The molecule has 1 fully saturated rings. The minimum absolute atomic E-state index is 0.493. The van der Waals surface area contributed by atoms with E-state index in [4.69, 9.17) is 0 Å². The van der Waals surface area contributed by atoms with Crippen LogP contribution in [0, 0.1) is 0 Å². The van der Waals surface area contributed by atoms with Gasteiger partial charge in [-0.25, -0.2) is 4.98 Å². The molecule has 1 aliphatic heterocycles. The minimum Gasteiger partial charge on any atom is -0.380 e. The average Bonchev–Trinajstić information content (AvgIpc) is 2.89. The molecule has 1 aromatic heterocycles. The van der Waals surface area contributed by atoms with Gasteiger partial charge in [0.2, 0.25) is 0 Å². The summed E-state index contributed by atoms with van der Waals surface area (Å²) in [6.07, 6.45) is 3.00. The summed E-state index contributed by atoms with van der Waals surface area (Å²) in [4.78, 5) is 6.78. The molecule has 0 saturated carbocycles. The first kappa shape index (κ1) is 12.5. The van der Waals surface area contributed by atoms with E-state index in [1.165, 1.54) is 5.69 Å². The van der Waals surface area contributed by atoms with Crippen molar-refractivity contribution in [1.29, 1.82) is 0 Å². The maximum atomic E-state index is 4.45. The van der Waals surface area contributed by atoms with Crippen molar-refractivity contribution in [2.75, 3.05) is 23.3 Å². The van der Waals surface area contributed by atoms with Crippen LogP contribution in [0.5, 0.6) is 0 Å². The highest BCUT2D eigenvalue weighted by atomic mass is 79.9. The molecule has 1 saturated heterocycles. The van der Waals surface area contributed by atoms with E-state index in [0.29, 0.717) is 6.04 Å². The van der Waals surface area contributed by atoms with E-state index >= 15 is 0 Å². The molecule has 19 heavy (non-hydrogen) atoms. The highest BCUT2D eigenvalue weighted by Gasteiger charge is 2.23. The van der Waals surface area contributed by atoms with Gasteiger partial charge < -0.3 is 10.2 Å². The molecule has 4 heteroatoms. The maximum Gasteiger partial charge on any atom is 0.128 e. The first-order valence-corrected chi connectivity index (χ1v) is 7.29. The first-order chi connectivity index (χ1) is 9.31. The number of rotatable bonds is 3. The lowest BCUT2D eigenvalue weighted by molar-refractivity contribution is 0.806. The van der Waals surface area contributed by atoms with Crippen molar-refractivity contribution >= 4 is 27.4 Å². The summed E-state index contributed by atoms with van der Waals surface area (Å²) in [6.45, 7) is 2.06. The van der Waals surface area contributed by atoms with Gasteiger partial charge >= 0.3 is 0 Å². The predicted molar refractivity (Wildman–Crippen MR) is 82.6 cm³/mol. The predicted octanol–water partition coefficient (Wildman–Crippen LogP) is 3.53. The van der Waals surface area contributed by atoms with E-state index in [0.717, 1.165) is 29.8 Å². The number of anilines is 2. The number of nitrogens with one attached hydrogen (secondary N) is 1. The topological polar surface area (TPSA) is 28.2 Å². The van der Waals surface area contributed by atoms with Gasteiger partial charge in [0.05, 0.1) is 0 Å². The van der Waals surface area contributed by atoms with Crippen molar-refractivity contribution in [2.24, 2.45) is 0 Å². The lowest BCUT2D eigenvalue weighted by Crippen LogP contribution is -2.26. The van der Waals surface area contributed by atoms with Crippen LogP contribution in [0.2, 0.25) is 0 Å². The van der Waals surface area contributed by atoms with Gasteiger partial charge in [-0.15, -0.1) is 0 Å². The van der Waals surface area contributed by atoms with E-state index in [-0.39, 0.29) is 0 Å². The van der Waals surface area contributed by atoms with Crippen molar-refractivity contribution in [2.45, 2.75) is 12.5 Å². The van der Waals surface area contributed by atoms with E-state index in [9.17, 15) is 0 Å². The molecule has 1 unspecified atom stereocenters. The molecule has 3 nitrogen and oxygen atoms in total. The molecule has 1 N–H and O–H groups in total. The van der Waals surface area contributed by atoms with Gasteiger partial charge in [0.1, 0.15) is 5.82 Å². The van der Waals surface area contributed by atoms with Gasteiger partial charge in [0, 0.05) is 35.5 Å². The largest absolute Gasteiger partial charge is 0.380 e. The summed E-state index contributed by atoms with van der Waals surface area (Å²) in [6, 6.07) is 15.0. The van der Waals surface area contributed by atoms with Crippen molar-refractivity contribution in [3.63, 3.8) is 0 Å². The van der Waals surface area contributed by atoms with Crippen LogP contribution in [0.3, 0.4) is 0 Å². The molecule has 2 aromatic rings. The van der Waals surface area contributed by atoms with Crippen LogP contribution in [-0.2, 0) is 0 Å². The lowest BCUT2D eigenvalue weighted by atomic mass is 10.2. The van der Waals surface area contributed by atoms with Crippen molar-refractivity contribution in [3.05, 3.63) is 53.1 Å². The Hall–Kier alpha value is -1.55. The third-order valence-corrected chi connectivity index (χ3v) is 3.84. The molecule has 1 aliphatic rings. The molecule has 0 aliphatic carbocycles. The third kappa shape index (κ3) is 3.07. The van der Waals surface area contributed by atoms with Crippen LogP contribution in [-0.4, -0.2) is 24.1 Å². The van der Waals surface area contributed by atoms with E-state index < -0.39 is 0 Å². The van der Waals surface area contributed by atoms with Gasteiger partial charge in [-0.3, -0.25) is 0 Å². The second-order valence-corrected chi connectivity index (χ2v) is 5.69. The highest BCUT2D eigenvalue weighted by Crippen LogP contribution is 2.21. The zero-order valence-electron chi connectivity index (χ0n) is 10.6. The Morgan fingerprint density at radius 1 is 1.16 bits per heavy atom. The van der Waals surface area contributed by atoms with E-state index in [2.05, 4.69) is 61.5 Å². The van der Waals surface area contributed by atoms with Gasteiger partial charge in [-0.2, -0.15) is 0 Å². The molecule has 0 spiro atoms. The van der Waals surface area contributed by atoms with Crippen LogP contribution in [0.4, 0.5) is 11.5 Å². The van der Waals surface area contributed by atoms with Crippen LogP contribution < -0.4 is 10.2 Å². The first-order valence-electron chi connectivity index (χ1n) is 6.49. The Morgan fingerprint density at radius 3 is 2.74 bits per heavy atom. The zero-order chi connectivity index (χ0) is 13.1. The second-order valence-electron chi connectivity index (χ2n) is 4.78. The number of aromatic nitrogens is 1. The van der Waals surface area contributed by atoms with Crippen molar-refractivity contribution < 1.29 is 0 Å². The molecular weight excluding hydrogens is 302 g/mol. The van der Waals surface area contributed by atoms with Gasteiger partial charge in [0.25, 0.3) is 0 Å². The Morgan fingerprint density at radius 2 is 2.00 bits per heavy atom. The lowest BCUT2D eigenvalue weighted by Gasteiger charge is -2.18. The molecule has 0 bridgehead atoms. The number of para-hydroxylation sites is 1. The Bertz CT molecular complexity index is 527. The maximum absolute atomic E-state index is 4.45. The molecule has 0 radical (unpaired) electrons. The Kier molecular flexibility index (Phi) is 3.69. The van der Waals surface area contributed by atoms with E-state index in [1.807, 2.05) is 18.3 Å². The molecule has 0 amide bonds. The van der Waals surface area contributed by atoms with Gasteiger partial charge in [-0.1, -0.05) is 18.2 Å². The molecule has 2 heterocycles. The SMILES string of the molecule is Brc1ccc(N2CCC(Nc3ccccc3)C2)nc1. The number of hydrogen-bond acceptors (Lipinski definition) is 3. The van der Waals surface area contributed by atoms with E-state index in [1.54, 1.807) is 0 Å². The normalized spacial score (nSPS) is 18.6. The molecule has 98 valence electrons. The second kappa shape index (κ2) is 5.61. The third-order valence-electron chi connectivity index (χ3n) is 3.37. The fourth-order valence-electron chi connectivity index (χ4n) is 2.41. The van der Waals surface area contributed by atoms with Crippen LogP contribution >= 0.6 is 15.9 Å². The fourth-order valence-corrected chi connectivity index (χ4v) is 2.65. The number of pyridine rings is 1. The Balaban J connectivity index is 1.62. The van der Waals surface area contributed by atoms with Crippen molar-refractivity contribution in [1.82, 2.24) is 4.98 Å². The minimum atomic E-state index is 0.493. The van der Waals surface area contributed by atoms with Crippen molar-refractivity contribution in [3.8, 4) is 0 Å². The number of benzene rings is 1. The van der Waals surface area contributed by atoms with Crippen LogP contribution in [0.25, 0.3) is 0 Å².